The molecule has 10 heterocycles. The molecule has 20 aromatic rings. The van der Waals surface area contributed by atoms with Gasteiger partial charge in [0.1, 0.15) is 66.0 Å². The molecule has 0 saturated heterocycles. The molecule has 0 unspecified atom stereocenters. The summed E-state index contributed by atoms with van der Waals surface area (Å²) in [5.74, 6) is 0.708. The Morgan fingerprint density at radius 3 is 0.976 bits per heavy atom. The van der Waals surface area contributed by atoms with E-state index in [9.17, 15) is 17.6 Å². The standard InChI is InChI=1S/C20H13ClFN3O.2C20H15FN4.C19H12ClFN4.C19H13ClN4/c1-26-20-15-9-12(5-7-18(15)24-11-25-20)14-3-2-8-23-19(14)13-4-6-17(22)16(21)10-13;1-12-9-14(4-6-17(12)21)19-15(3-2-8-23-19)13-5-7-18-16(10-13)20(22)25-11-24-18;1-12-9-14(6-7-17(12)21)19-16(3-2-8-23-19)13-4-5-15-11-24-20(22)25-18(15)10-13;20-15-9-12(3-5-16(15)21)18-13(2-1-7-23-18)11-4-6-17-14(8-11)19(22)25-10-24-17;20-14-4-1-3-13(9-14)18-15(5-2-8-22-18)12-6-7-17-16(10-12)19(21)24-11-23-17/h2-11H,1H3;2*2-11H,1H3,(H2,22,24,25);1-10H,(H2,22,24,25);1-11H,(H2,21,23,24). The summed E-state index contributed by atoms with van der Waals surface area (Å²) in [6.07, 6.45) is 16.2. The fourth-order valence-electron chi connectivity index (χ4n) is 14.1. The highest BCUT2D eigenvalue weighted by Crippen LogP contribution is 2.41. The van der Waals surface area contributed by atoms with Crippen molar-refractivity contribution in [2.45, 2.75) is 13.8 Å². The van der Waals surface area contributed by atoms with Crippen molar-refractivity contribution in [1.82, 2.24) is 74.8 Å². The SMILES string of the molecule is COc1ncnc2ccc(-c3cccnc3-c3ccc(F)c(Cl)c3)cc12.Cc1cc(-c2ncccc2-c2ccc3cnc(N)nc3c2)ccc1F.Cc1cc(-c2ncccc2-c2ccc3ncnc(N)c3c2)ccc1F.Nc1ncnc2ccc(-c3cccnc3-c3ccc(F)c(Cl)c3)cc12.Nc1ncnc2ccc(-c3cccnc3-c3cccc(Cl)c3)cc12. The van der Waals surface area contributed by atoms with Crippen molar-refractivity contribution in [1.29, 1.82) is 0 Å². The Morgan fingerprint density at radius 2 is 0.608 bits per heavy atom. The highest BCUT2D eigenvalue weighted by Gasteiger charge is 2.20. The Morgan fingerprint density at radius 1 is 0.280 bits per heavy atom. The fraction of sp³-hybridized carbons (Fsp3) is 0.0306. The van der Waals surface area contributed by atoms with Gasteiger partial charge in [0.15, 0.2) is 0 Å². The van der Waals surface area contributed by atoms with Crippen LogP contribution in [0.25, 0.3) is 166 Å². The number of anilines is 4. The van der Waals surface area contributed by atoms with Crippen molar-refractivity contribution >= 4 is 113 Å². The van der Waals surface area contributed by atoms with Gasteiger partial charge in [-0.05, 0) is 223 Å². The maximum absolute atomic E-state index is 13.6. The number of hydrogen-bond acceptors (Lipinski definition) is 20. The second-order valence-corrected chi connectivity index (χ2v) is 29.5. The average Bonchev–Trinajstić information content (AvgIpc) is 0.799. The Balaban J connectivity index is 0.000000115. The number of aryl methyl sites for hydroxylation is 2. The number of methoxy groups -OCH3 is 1. The monoisotopic (exact) mass is 1710 g/mol. The molecule has 125 heavy (non-hydrogen) atoms. The lowest BCUT2D eigenvalue weighted by Crippen LogP contribution is -1.95. The number of halogens is 7. The van der Waals surface area contributed by atoms with Crippen LogP contribution in [0.1, 0.15) is 11.1 Å². The van der Waals surface area contributed by atoms with Crippen LogP contribution in [-0.4, -0.2) is 81.9 Å². The second-order valence-electron chi connectivity index (χ2n) is 28.3. The first-order valence-corrected chi connectivity index (χ1v) is 39.7. The number of ether oxygens (including phenoxy) is 1. The second kappa shape index (κ2) is 37.1. The van der Waals surface area contributed by atoms with Gasteiger partial charge in [0, 0.05) is 119 Å². The van der Waals surface area contributed by atoms with Crippen LogP contribution in [0.15, 0.2) is 311 Å². The zero-order valence-electron chi connectivity index (χ0n) is 66.5. The first kappa shape index (κ1) is 82.9. The van der Waals surface area contributed by atoms with Crippen LogP contribution in [0, 0.1) is 37.1 Å². The molecule has 0 atom stereocenters. The van der Waals surface area contributed by atoms with E-state index in [0.29, 0.717) is 50.9 Å². The first-order chi connectivity index (χ1) is 60.8. The summed E-state index contributed by atoms with van der Waals surface area (Å²) in [5, 5.41) is 4.92. The average molecular weight is 1710 g/mol. The number of pyridine rings is 5. The Hall–Kier alpha value is -15.8. The lowest BCUT2D eigenvalue weighted by Gasteiger charge is -2.11. The highest BCUT2D eigenvalue weighted by molar-refractivity contribution is 6.31. The molecule has 0 spiro atoms. The van der Waals surface area contributed by atoms with Crippen molar-refractivity contribution < 1.29 is 22.3 Å². The van der Waals surface area contributed by atoms with Crippen molar-refractivity contribution in [2.75, 3.05) is 30.0 Å². The number of nitrogens with two attached hydrogens (primary N) is 4. The largest absolute Gasteiger partial charge is 0.480 e. The van der Waals surface area contributed by atoms with Crippen LogP contribution in [0.3, 0.4) is 0 Å². The number of hydrogen-bond donors (Lipinski definition) is 4. The molecular weight excluding hydrogens is 1640 g/mol. The van der Waals surface area contributed by atoms with Gasteiger partial charge in [0.2, 0.25) is 11.8 Å². The quantitative estimate of drug-likeness (QED) is 0.0874. The molecule has 0 aliphatic rings. The molecule has 20 rings (SSSR count). The molecule has 0 amide bonds. The molecule has 0 aliphatic heterocycles. The Kier molecular flexibility index (Phi) is 24.6. The third-order valence-corrected chi connectivity index (χ3v) is 21.1. The maximum atomic E-state index is 13.6. The van der Waals surface area contributed by atoms with E-state index in [4.69, 9.17) is 62.5 Å². The highest BCUT2D eigenvalue weighted by atomic mass is 35.5. The van der Waals surface area contributed by atoms with Crippen molar-refractivity contribution in [2.24, 2.45) is 0 Å². The van der Waals surface area contributed by atoms with E-state index in [1.165, 1.54) is 49.6 Å². The third kappa shape index (κ3) is 18.5. The van der Waals surface area contributed by atoms with Crippen LogP contribution in [0.5, 0.6) is 5.88 Å². The van der Waals surface area contributed by atoms with Crippen LogP contribution in [-0.2, 0) is 0 Å². The molecule has 0 aliphatic carbocycles. The van der Waals surface area contributed by atoms with Crippen molar-refractivity contribution in [3.63, 3.8) is 0 Å². The summed E-state index contributed by atoms with van der Waals surface area (Å²) in [7, 11) is 1.57. The lowest BCUT2D eigenvalue weighted by molar-refractivity contribution is 0.402. The summed E-state index contributed by atoms with van der Waals surface area (Å²) in [4.78, 5) is 64.1. The van der Waals surface area contributed by atoms with Crippen LogP contribution < -0.4 is 27.7 Å². The molecule has 0 fully saturated rings. The van der Waals surface area contributed by atoms with Gasteiger partial charge >= 0.3 is 0 Å². The summed E-state index contributed by atoms with van der Waals surface area (Å²) < 4.78 is 59.5. The van der Waals surface area contributed by atoms with Crippen molar-refractivity contribution in [3.05, 3.63) is 361 Å². The van der Waals surface area contributed by atoms with Gasteiger partial charge < -0.3 is 27.7 Å². The molecular formula is C98H68Cl3F4N19O. The minimum absolute atomic E-state index is 0.0604. The van der Waals surface area contributed by atoms with Crippen molar-refractivity contribution in [3.8, 4) is 118 Å². The molecule has 8 N–H and O–H groups in total. The molecule has 10 aromatic carbocycles. The lowest BCUT2D eigenvalue weighted by atomic mass is 9.97. The molecule has 0 radical (unpaired) electrons. The van der Waals surface area contributed by atoms with Gasteiger partial charge in [0.25, 0.3) is 0 Å². The zero-order valence-corrected chi connectivity index (χ0v) is 68.8. The summed E-state index contributed by atoms with van der Waals surface area (Å²) in [6.45, 7) is 3.49. The van der Waals surface area contributed by atoms with Crippen LogP contribution >= 0.6 is 34.8 Å². The topological polar surface area (TPSA) is 307 Å². The van der Waals surface area contributed by atoms with E-state index in [-0.39, 0.29) is 27.6 Å². The smallest absolute Gasteiger partial charge is 0.224 e. The van der Waals surface area contributed by atoms with Gasteiger partial charge in [-0.25, -0.2) is 67.4 Å². The molecule has 610 valence electrons. The molecule has 0 saturated carbocycles. The van der Waals surface area contributed by atoms with Gasteiger partial charge in [-0.3, -0.25) is 24.9 Å². The van der Waals surface area contributed by atoms with Gasteiger partial charge in [-0.2, -0.15) is 0 Å². The summed E-state index contributed by atoms with van der Waals surface area (Å²) in [5.41, 5.74) is 46.3. The fourth-order valence-corrected chi connectivity index (χ4v) is 14.7. The first-order valence-electron chi connectivity index (χ1n) is 38.6. The zero-order chi connectivity index (χ0) is 86.8. The van der Waals surface area contributed by atoms with Gasteiger partial charge in [-0.1, -0.05) is 114 Å². The number of aromatic nitrogens is 15. The Bertz CT molecular complexity index is 7310. The van der Waals surface area contributed by atoms with Crippen LogP contribution in [0.4, 0.5) is 41.0 Å². The number of benzene rings is 10. The molecule has 20 nitrogen and oxygen atoms in total. The van der Waals surface area contributed by atoms with E-state index in [1.54, 1.807) is 101 Å². The predicted molar refractivity (Wildman–Crippen MR) is 490 cm³/mol. The number of nitrogens with zero attached hydrogens (tertiary/aromatic N) is 15. The predicted octanol–water partition coefficient (Wildman–Crippen LogP) is 23.3. The summed E-state index contributed by atoms with van der Waals surface area (Å²) >= 11 is 18.0. The minimum atomic E-state index is -0.460. The van der Waals surface area contributed by atoms with Crippen LogP contribution in [0.2, 0.25) is 15.1 Å². The number of nitrogen functional groups attached to an aromatic ring is 4. The third-order valence-electron chi connectivity index (χ3n) is 20.3. The van der Waals surface area contributed by atoms with Gasteiger partial charge in [-0.15, -0.1) is 0 Å². The molecule has 10 aromatic heterocycles. The van der Waals surface area contributed by atoms with E-state index < -0.39 is 11.6 Å². The van der Waals surface area contributed by atoms with E-state index in [2.05, 4.69) is 74.8 Å². The van der Waals surface area contributed by atoms with Gasteiger partial charge in [0.05, 0.1) is 78.6 Å². The number of rotatable bonds is 11. The normalized spacial score (nSPS) is 10.9. The molecule has 0 bridgehead atoms. The number of fused-ring (bicyclic) bond motifs is 5. The summed E-state index contributed by atoms with van der Waals surface area (Å²) in [6, 6.07) is 75.4. The van der Waals surface area contributed by atoms with E-state index in [0.717, 1.165) is 155 Å². The minimum Gasteiger partial charge on any atom is -0.480 e. The van der Waals surface area contributed by atoms with E-state index >= 15 is 0 Å². The maximum Gasteiger partial charge on any atom is 0.224 e. The Labute approximate surface area is 727 Å². The van der Waals surface area contributed by atoms with E-state index in [1.807, 2.05) is 182 Å². The molecule has 27 heteroatoms.